The maximum Gasteiger partial charge on any atom is 0.154 e. The highest BCUT2D eigenvalue weighted by atomic mass is 15.3. The number of rotatable bonds is 4. The van der Waals surface area contributed by atoms with Gasteiger partial charge in [0.1, 0.15) is 11.5 Å². The van der Waals surface area contributed by atoms with E-state index in [-0.39, 0.29) is 0 Å². The molecule has 5 heterocycles. The van der Waals surface area contributed by atoms with E-state index in [1.54, 1.807) is 17.1 Å². The van der Waals surface area contributed by atoms with Crippen molar-refractivity contribution in [3.05, 3.63) is 72.9 Å². The van der Waals surface area contributed by atoms with Crippen LogP contribution in [0, 0.1) is 6.92 Å². The molecule has 5 aromatic heterocycles. The van der Waals surface area contributed by atoms with Crippen molar-refractivity contribution in [1.82, 2.24) is 34.9 Å². The van der Waals surface area contributed by atoms with Gasteiger partial charge in [0.25, 0.3) is 0 Å². The van der Waals surface area contributed by atoms with E-state index >= 15 is 0 Å². The molecular formula is C22H18N8. The van der Waals surface area contributed by atoms with E-state index in [1.165, 1.54) is 0 Å². The van der Waals surface area contributed by atoms with Crippen LogP contribution in [0.3, 0.4) is 0 Å². The van der Waals surface area contributed by atoms with Gasteiger partial charge >= 0.3 is 0 Å². The van der Waals surface area contributed by atoms with Gasteiger partial charge in [0.2, 0.25) is 0 Å². The highest BCUT2D eigenvalue weighted by Gasteiger charge is 2.14. The molecular weight excluding hydrogens is 376 g/mol. The Labute approximate surface area is 172 Å². The van der Waals surface area contributed by atoms with Crippen LogP contribution in [0.4, 0.5) is 11.6 Å². The molecule has 0 radical (unpaired) electrons. The molecule has 5 rings (SSSR count). The average molecular weight is 394 g/mol. The summed E-state index contributed by atoms with van der Waals surface area (Å²) in [7, 11) is 1.90. The SMILES string of the molecule is Cc1cnnc(Nc2ccc3ncc(-c4cn(C)nc4-c4cccnc4)cc3n2)c1. The number of anilines is 2. The molecule has 0 spiro atoms. The average Bonchev–Trinajstić information content (AvgIpc) is 3.16. The second-order valence-electron chi connectivity index (χ2n) is 7.01. The van der Waals surface area contributed by atoms with Gasteiger partial charge in [0.15, 0.2) is 5.82 Å². The van der Waals surface area contributed by atoms with E-state index in [1.807, 2.05) is 69.0 Å². The van der Waals surface area contributed by atoms with E-state index in [9.17, 15) is 0 Å². The van der Waals surface area contributed by atoms with Crippen molar-refractivity contribution in [2.75, 3.05) is 5.32 Å². The molecule has 0 aliphatic heterocycles. The number of nitrogens with one attached hydrogen (secondary N) is 1. The van der Waals surface area contributed by atoms with Crippen molar-refractivity contribution in [3.8, 4) is 22.4 Å². The highest BCUT2D eigenvalue weighted by Crippen LogP contribution is 2.31. The molecule has 8 heteroatoms. The van der Waals surface area contributed by atoms with Gasteiger partial charge in [-0.1, -0.05) is 0 Å². The third kappa shape index (κ3) is 3.46. The van der Waals surface area contributed by atoms with Crippen molar-refractivity contribution in [2.45, 2.75) is 6.92 Å². The summed E-state index contributed by atoms with van der Waals surface area (Å²) in [6.07, 6.45) is 9.10. The number of nitrogens with zero attached hydrogens (tertiary/aromatic N) is 7. The van der Waals surface area contributed by atoms with Gasteiger partial charge in [-0.25, -0.2) is 4.98 Å². The van der Waals surface area contributed by atoms with Crippen LogP contribution in [-0.2, 0) is 7.05 Å². The van der Waals surface area contributed by atoms with Crippen molar-refractivity contribution < 1.29 is 0 Å². The number of aryl methyl sites for hydroxylation is 2. The van der Waals surface area contributed by atoms with Gasteiger partial charge in [0.05, 0.1) is 17.2 Å². The normalized spacial score (nSPS) is 11.0. The summed E-state index contributed by atoms with van der Waals surface area (Å²) in [5.41, 5.74) is 6.34. The third-order valence-electron chi connectivity index (χ3n) is 4.66. The van der Waals surface area contributed by atoms with Gasteiger partial charge in [-0.15, -0.1) is 5.10 Å². The number of aromatic nitrogens is 7. The van der Waals surface area contributed by atoms with Crippen LogP contribution in [0.5, 0.6) is 0 Å². The van der Waals surface area contributed by atoms with E-state index in [0.29, 0.717) is 11.6 Å². The standard InChI is InChI=1S/C22H18N8/c1-14-8-21(28-25-10-14)27-20-6-5-18-19(26-20)9-16(12-24-18)17-13-30(2)29-22(17)15-4-3-7-23-11-15/h3-13H,1-2H3,(H,26,27,28). The summed E-state index contributed by atoms with van der Waals surface area (Å²) in [5, 5.41) is 15.9. The van der Waals surface area contributed by atoms with Crippen molar-refractivity contribution in [3.63, 3.8) is 0 Å². The molecule has 30 heavy (non-hydrogen) atoms. The number of pyridine rings is 3. The van der Waals surface area contributed by atoms with Crippen molar-refractivity contribution >= 4 is 22.7 Å². The fourth-order valence-corrected chi connectivity index (χ4v) is 3.30. The fourth-order valence-electron chi connectivity index (χ4n) is 3.30. The number of fused-ring (bicyclic) bond motifs is 1. The van der Waals surface area contributed by atoms with Crippen LogP contribution in [-0.4, -0.2) is 34.9 Å². The predicted molar refractivity (Wildman–Crippen MR) is 115 cm³/mol. The first-order valence-electron chi connectivity index (χ1n) is 9.43. The zero-order chi connectivity index (χ0) is 20.5. The molecule has 0 saturated carbocycles. The van der Waals surface area contributed by atoms with Gasteiger partial charge in [-0.05, 0) is 48.9 Å². The molecule has 0 aromatic carbocycles. The zero-order valence-electron chi connectivity index (χ0n) is 16.5. The Bertz CT molecular complexity index is 1340. The van der Waals surface area contributed by atoms with Crippen molar-refractivity contribution in [1.29, 1.82) is 0 Å². The van der Waals surface area contributed by atoms with Crippen LogP contribution in [0.15, 0.2) is 67.4 Å². The summed E-state index contributed by atoms with van der Waals surface area (Å²) in [5.74, 6) is 1.33. The van der Waals surface area contributed by atoms with Gasteiger partial charge in [-0.3, -0.25) is 14.6 Å². The Kier molecular flexibility index (Phi) is 4.36. The number of hydrogen-bond acceptors (Lipinski definition) is 7. The summed E-state index contributed by atoms with van der Waals surface area (Å²) >= 11 is 0. The third-order valence-corrected chi connectivity index (χ3v) is 4.66. The first kappa shape index (κ1) is 17.9. The Balaban J connectivity index is 1.55. The smallest absolute Gasteiger partial charge is 0.154 e. The second kappa shape index (κ2) is 7.32. The topological polar surface area (TPSA) is 94.3 Å². The van der Waals surface area contributed by atoms with Crippen LogP contribution in [0.25, 0.3) is 33.4 Å². The van der Waals surface area contributed by atoms with E-state index in [0.717, 1.165) is 39.0 Å². The molecule has 5 aromatic rings. The van der Waals surface area contributed by atoms with Crippen LogP contribution >= 0.6 is 0 Å². The maximum atomic E-state index is 4.71. The highest BCUT2D eigenvalue weighted by molar-refractivity contribution is 5.86. The second-order valence-corrected chi connectivity index (χ2v) is 7.01. The molecule has 1 N–H and O–H groups in total. The Morgan fingerprint density at radius 1 is 0.933 bits per heavy atom. The van der Waals surface area contributed by atoms with Crippen molar-refractivity contribution in [2.24, 2.45) is 7.05 Å². The lowest BCUT2D eigenvalue weighted by atomic mass is 10.0. The number of hydrogen-bond donors (Lipinski definition) is 1. The summed E-state index contributed by atoms with van der Waals surface area (Å²) < 4.78 is 1.80. The van der Waals surface area contributed by atoms with Gasteiger partial charge in [-0.2, -0.15) is 10.2 Å². The molecule has 0 saturated heterocycles. The minimum Gasteiger partial charge on any atom is -0.323 e. The molecule has 0 aliphatic carbocycles. The summed E-state index contributed by atoms with van der Waals surface area (Å²) in [4.78, 5) is 13.5. The molecule has 0 fully saturated rings. The van der Waals surface area contributed by atoms with Gasteiger partial charge in [0, 0.05) is 48.5 Å². The molecule has 0 bridgehead atoms. The van der Waals surface area contributed by atoms with Gasteiger partial charge < -0.3 is 5.32 Å². The monoisotopic (exact) mass is 394 g/mol. The maximum absolute atomic E-state index is 4.71. The Morgan fingerprint density at radius 2 is 1.87 bits per heavy atom. The zero-order valence-corrected chi connectivity index (χ0v) is 16.5. The molecule has 146 valence electrons. The van der Waals surface area contributed by atoms with Crippen LogP contribution in [0.2, 0.25) is 0 Å². The lowest BCUT2D eigenvalue weighted by Crippen LogP contribution is -1.98. The quantitative estimate of drug-likeness (QED) is 0.493. The first-order valence-corrected chi connectivity index (χ1v) is 9.43. The van der Waals surface area contributed by atoms with E-state index in [4.69, 9.17) is 4.98 Å². The predicted octanol–water partition coefficient (Wildman–Crippen LogP) is 3.93. The molecule has 8 nitrogen and oxygen atoms in total. The lowest BCUT2D eigenvalue weighted by molar-refractivity contribution is 0.771. The van der Waals surface area contributed by atoms with Crippen LogP contribution in [0.1, 0.15) is 5.56 Å². The minimum absolute atomic E-state index is 0.650. The molecule has 0 amide bonds. The minimum atomic E-state index is 0.650. The summed E-state index contributed by atoms with van der Waals surface area (Å²) in [6, 6.07) is 11.7. The summed E-state index contributed by atoms with van der Waals surface area (Å²) in [6.45, 7) is 1.97. The fraction of sp³-hybridized carbons (Fsp3) is 0.0909. The van der Waals surface area contributed by atoms with Crippen LogP contribution < -0.4 is 5.32 Å². The molecule has 0 atom stereocenters. The van der Waals surface area contributed by atoms with E-state index < -0.39 is 0 Å². The largest absolute Gasteiger partial charge is 0.323 e. The Morgan fingerprint density at radius 3 is 2.70 bits per heavy atom. The Hall–Kier alpha value is -4.20. The van der Waals surface area contributed by atoms with E-state index in [2.05, 4.69) is 30.6 Å². The first-order chi connectivity index (χ1) is 14.7. The molecule has 0 unspecified atom stereocenters. The molecule has 0 aliphatic rings. The lowest BCUT2D eigenvalue weighted by Gasteiger charge is -2.07.